The predicted octanol–water partition coefficient (Wildman–Crippen LogP) is 9.96. The van der Waals surface area contributed by atoms with Crippen molar-refractivity contribution in [2.75, 3.05) is 0 Å². The fourth-order valence-electron chi connectivity index (χ4n) is 5.89. The Morgan fingerprint density at radius 1 is 0.476 bits per heavy atom. The molecule has 0 fully saturated rings. The van der Waals surface area contributed by atoms with Gasteiger partial charge in [0.2, 0.25) is 0 Å². The number of nitriles is 1. The van der Waals surface area contributed by atoms with Gasteiger partial charge in [0.25, 0.3) is 0 Å². The molecule has 0 aliphatic rings. The van der Waals surface area contributed by atoms with Gasteiger partial charge < -0.3 is 0 Å². The maximum Gasteiger partial charge on any atom is 0.0991 e. The van der Waals surface area contributed by atoms with E-state index in [1.54, 1.807) is 0 Å². The van der Waals surface area contributed by atoms with Crippen LogP contribution in [0.4, 0.5) is 0 Å². The van der Waals surface area contributed by atoms with Crippen molar-refractivity contribution in [2.45, 2.75) is 0 Å². The highest BCUT2D eigenvalue weighted by Crippen LogP contribution is 2.35. The number of rotatable bonds is 3. The lowest BCUT2D eigenvalue weighted by molar-refractivity contribution is 1.37. The van der Waals surface area contributed by atoms with E-state index in [9.17, 15) is 0 Å². The number of hydrogen-bond acceptors (Lipinski definition) is 3. The van der Waals surface area contributed by atoms with Crippen molar-refractivity contribution in [3.05, 3.63) is 145 Å². The molecule has 2 aromatic heterocycles. The maximum absolute atomic E-state index is 9.15. The standard InChI is InChI=1S/C39H23N3/c40-24-25-6-8-26(9-7-25)31-15-10-27-11-16-32(22-34(27)21-31)33-17-12-28-3-1-5-35(36(28)23-33)37-19-18-30-14-13-29-4-2-20-41-38(29)39(30)42-37/h1-23H. The highest BCUT2D eigenvalue weighted by Gasteiger charge is 2.11. The van der Waals surface area contributed by atoms with E-state index in [0.717, 1.165) is 55.3 Å². The minimum Gasteiger partial charge on any atom is -0.254 e. The first kappa shape index (κ1) is 24.0. The third kappa shape index (κ3) is 4.06. The summed E-state index contributed by atoms with van der Waals surface area (Å²) in [5.74, 6) is 0. The fraction of sp³-hybridized carbons (Fsp3) is 0. The van der Waals surface area contributed by atoms with Crippen LogP contribution < -0.4 is 0 Å². The zero-order valence-corrected chi connectivity index (χ0v) is 22.6. The Kier molecular flexibility index (Phi) is 5.52. The first-order valence-corrected chi connectivity index (χ1v) is 14.0. The molecule has 2 heterocycles. The molecule has 0 spiro atoms. The third-order valence-corrected chi connectivity index (χ3v) is 8.11. The second kappa shape index (κ2) is 9.66. The van der Waals surface area contributed by atoms with Crippen molar-refractivity contribution in [1.82, 2.24) is 9.97 Å². The highest BCUT2D eigenvalue weighted by molar-refractivity contribution is 6.05. The number of nitrogens with zero attached hydrogens (tertiary/aromatic N) is 3. The van der Waals surface area contributed by atoms with Crippen LogP contribution in [0.2, 0.25) is 0 Å². The molecule has 8 aromatic rings. The third-order valence-electron chi connectivity index (χ3n) is 8.11. The van der Waals surface area contributed by atoms with Crippen molar-refractivity contribution in [3.63, 3.8) is 0 Å². The van der Waals surface area contributed by atoms with Crippen molar-refractivity contribution < 1.29 is 0 Å². The SMILES string of the molecule is N#Cc1ccc(-c2ccc3ccc(-c4ccc5cccc(-c6ccc7ccc8cccnc8c7n6)c5c4)cc3c2)cc1. The number of fused-ring (bicyclic) bond motifs is 5. The average molecular weight is 534 g/mol. The highest BCUT2D eigenvalue weighted by atomic mass is 14.8. The minimum absolute atomic E-state index is 0.668. The molecule has 0 radical (unpaired) electrons. The van der Waals surface area contributed by atoms with E-state index in [0.29, 0.717) is 5.56 Å². The summed E-state index contributed by atoms with van der Waals surface area (Å²) in [7, 11) is 0. The quantitative estimate of drug-likeness (QED) is 0.212. The van der Waals surface area contributed by atoms with Crippen LogP contribution in [0, 0.1) is 11.3 Å². The number of benzene rings is 6. The number of pyridine rings is 2. The summed E-state index contributed by atoms with van der Waals surface area (Å²) in [5, 5.41) is 16.0. The van der Waals surface area contributed by atoms with Crippen molar-refractivity contribution in [2.24, 2.45) is 0 Å². The molecule has 3 nitrogen and oxygen atoms in total. The molecule has 0 aliphatic heterocycles. The van der Waals surface area contributed by atoms with Crippen LogP contribution in [0.15, 0.2) is 140 Å². The van der Waals surface area contributed by atoms with Crippen LogP contribution >= 0.6 is 0 Å². The molecule has 0 bridgehead atoms. The van der Waals surface area contributed by atoms with Gasteiger partial charge in [-0.2, -0.15) is 5.26 Å². The minimum atomic E-state index is 0.668. The van der Waals surface area contributed by atoms with Crippen LogP contribution in [-0.4, -0.2) is 9.97 Å². The van der Waals surface area contributed by atoms with Gasteiger partial charge in [-0.3, -0.25) is 4.98 Å². The van der Waals surface area contributed by atoms with E-state index in [1.165, 1.54) is 21.5 Å². The summed E-state index contributed by atoms with van der Waals surface area (Å²) < 4.78 is 0. The van der Waals surface area contributed by atoms with Gasteiger partial charge in [-0.05, 0) is 86.3 Å². The second-order valence-electron chi connectivity index (χ2n) is 10.6. The first-order chi connectivity index (χ1) is 20.7. The smallest absolute Gasteiger partial charge is 0.0991 e. The van der Waals surface area contributed by atoms with Gasteiger partial charge in [-0.1, -0.05) is 91.0 Å². The van der Waals surface area contributed by atoms with Gasteiger partial charge in [0.1, 0.15) is 0 Å². The summed E-state index contributed by atoms with van der Waals surface area (Å²) in [6.45, 7) is 0. The first-order valence-electron chi connectivity index (χ1n) is 14.0. The summed E-state index contributed by atoms with van der Waals surface area (Å²) in [6.07, 6.45) is 1.83. The van der Waals surface area contributed by atoms with Gasteiger partial charge >= 0.3 is 0 Å². The molecular weight excluding hydrogens is 510 g/mol. The van der Waals surface area contributed by atoms with Gasteiger partial charge in [-0.15, -0.1) is 0 Å². The van der Waals surface area contributed by atoms with Gasteiger partial charge in [0, 0.05) is 22.5 Å². The molecule has 194 valence electrons. The van der Waals surface area contributed by atoms with Crippen LogP contribution in [0.25, 0.3) is 76.9 Å². The van der Waals surface area contributed by atoms with Gasteiger partial charge in [-0.25, -0.2) is 4.98 Å². The van der Waals surface area contributed by atoms with E-state index in [-0.39, 0.29) is 0 Å². The Balaban J connectivity index is 1.24. The van der Waals surface area contributed by atoms with Gasteiger partial charge in [0.05, 0.1) is 28.4 Å². The lowest BCUT2D eigenvalue weighted by atomic mass is 9.94. The zero-order valence-electron chi connectivity index (χ0n) is 22.6. The molecule has 0 amide bonds. The van der Waals surface area contributed by atoms with Crippen LogP contribution in [-0.2, 0) is 0 Å². The number of hydrogen-bond donors (Lipinski definition) is 0. The van der Waals surface area contributed by atoms with Crippen molar-refractivity contribution >= 4 is 43.4 Å². The van der Waals surface area contributed by atoms with E-state index >= 15 is 0 Å². The fourth-order valence-corrected chi connectivity index (χ4v) is 5.89. The van der Waals surface area contributed by atoms with Crippen molar-refractivity contribution in [3.8, 4) is 39.6 Å². The Labute approximate surface area is 243 Å². The van der Waals surface area contributed by atoms with E-state index in [1.807, 2.05) is 36.5 Å². The predicted molar refractivity (Wildman–Crippen MR) is 173 cm³/mol. The van der Waals surface area contributed by atoms with Crippen LogP contribution in [0.5, 0.6) is 0 Å². The topological polar surface area (TPSA) is 49.6 Å². The molecule has 0 saturated heterocycles. The molecule has 0 unspecified atom stereocenters. The summed E-state index contributed by atoms with van der Waals surface area (Å²) in [6, 6.07) is 48.7. The average Bonchev–Trinajstić information content (AvgIpc) is 3.07. The molecule has 0 atom stereocenters. The van der Waals surface area contributed by atoms with Gasteiger partial charge in [0.15, 0.2) is 0 Å². The van der Waals surface area contributed by atoms with Crippen molar-refractivity contribution in [1.29, 1.82) is 5.26 Å². The molecule has 8 rings (SSSR count). The molecule has 42 heavy (non-hydrogen) atoms. The largest absolute Gasteiger partial charge is 0.254 e. The lowest BCUT2D eigenvalue weighted by Crippen LogP contribution is -1.90. The molecule has 6 aromatic carbocycles. The Bertz CT molecular complexity index is 2360. The molecule has 0 aliphatic carbocycles. The normalized spacial score (nSPS) is 11.3. The number of aromatic nitrogens is 2. The van der Waals surface area contributed by atoms with Crippen LogP contribution in [0.3, 0.4) is 0 Å². The second-order valence-corrected chi connectivity index (χ2v) is 10.6. The monoisotopic (exact) mass is 533 g/mol. The summed E-state index contributed by atoms with van der Waals surface area (Å²) in [4.78, 5) is 9.78. The Morgan fingerprint density at radius 3 is 1.88 bits per heavy atom. The van der Waals surface area contributed by atoms with E-state index in [4.69, 9.17) is 10.2 Å². The molecule has 0 N–H and O–H groups in total. The van der Waals surface area contributed by atoms with E-state index in [2.05, 4.69) is 114 Å². The maximum atomic E-state index is 9.15. The van der Waals surface area contributed by atoms with Crippen LogP contribution in [0.1, 0.15) is 5.56 Å². The zero-order chi connectivity index (χ0) is 28.0. The molecule has 0 saturated carbocycles. The lowest BCUT2D eigenvalue weighted by Gasteiger charge is -2.11. The molecule has 3 heteroatoms. The Morgan fingerprint density at radius 2 is 1.10 bits per heavy atom. The Hall–Kier alpha value is -5.85. The summed E-state index contributed by atoms with van der Waals surface area (Å²) >= 11 is 0. The summed E-state index contributed by atoms with van der Waals surface area (Å²) in [5.41, 5.74) is 9.12. The molecular formula is C39H23N3. The van der Waals surface area contributed by atoms with E-state index < -0.39 is 0 Å².